The van der Waals surface area contributed by atoms with Gasteiger partial charge in [0.2, 0.25) is 5.91 Å². The van der Waals surface area contributed by atoms with Crippen molar-refractivity contribution in [3.8, 4) is 0 Å². The molecule has 0 unspecified atom stereocenters. The zero-order valence-electron chi connectivity index (χ0n) is 13.6. The minimum Gasteiger partial charge on any atom is -0.375 e. The van der Waals surface area contributed by atoms with E-state index < -0.39 is 5.54 Å². The van der Waals surface area contributed by atoms with E-state index in [2.05, 4.69) is 24.1 Å². The summed E-state index contributed by atoms with van der Waals surface area (Å²) in [5.74, 6) is 0.706. The molecular formula is C16H31N3O2. The zero-order chi connectivity index (χ0) is 15.3. The van der Waals surface area contributed by atoms with Crippen molar-refractivity contribution in [2.24, 2.45) is 11.7 Å². The van der Waals surface area contributed by atoms with E-state index in [1.807, 2.05) is 0 Å². The number of nitrogens with one attached hydrogen (secondary N) is 1. The van der Waals surface area contributed by atoms with Crippen LogP contribution in [0.4, 0.5) is 0 Å². The fraction of sp³-hybridized carbons (Fsp3) is 0.938. The van der Waals surface area contributed by atoms with E-state index >= 15 is 0 Å². The molecule has 2 rings (SSSR count). The molecule has 1 atom stereocenters. The molecule has 0 aromatic carbocycles. The van der Waals surface area contributed by atoms with Crippen LogP contribution < -0.4 is 11.1 Å². The van der Waals surface area contributed by atoms with E-state index in [4.69, 9.17) is 10.5 Å². The summed E-state index contributed by atoms with van der Waals surface area (Å²) < 4.78 is 5.80. The van der Waals surface area contributed by atoms with Crippen LogP contribution in [0.25, 0.3) is 0 Å². The lowest BCUT2D eigenvalue weighted by molar-refractivity contribution is -0.126. The molecule has 3 N–H and O–H groups in total. The van der Waals surface area contributed by atoms with Crippen LogP contribution in [0.15, 0.2) is 0 Å². The Morgan fingerprint density at radius 2 is 2.14 bits per heavy atom. The molecule has 5 nitrogen and oxygen atoms in total. The van der Waals surface area contributed by atoms with Gasteiger partial charge in [0, 0.05) is 26.2 Å². The fourth-order valence-corrected chi connectivity index (χ4v) is 3.39. The van der Waals surface area contributed by atoms with Crippen molar-refractivity contribution in [3.05, 3.63) is 0 Å². The van der Waals surface area contributed by atoms with Crippen LogP contribution >= 0.6 is 0 Å². The minimum atomic E-state index is -0.614. The molecule has 1 amide bonds. The molecule has 0 radical (unpaired) electrons. The molecule has 0 aromatic heterocycles. The number of morpholine rings is 1. The Morgan fingerprint density at radius 1 is 1.43 bits per heavy atom. The standard InChI is InChI=1S/C16H31N3O2/c1-13(2)11-19-9-10-21-14(12-19)5-8-18-15(20)16(17)6-3-4-7-16/h13-14H,3-12,17H2,1-2H3,(H,18,20)/t14-/m0/s1. The summed E-state index contributed by atoms with van der Waals surface area (Å²) in [5.41, 5.74) is 5.53. The number of nitrogens with two attached hydrogens (primary N) is 1. The lowest BCUT2D eigenvalue weighted by atomic mass is 9.98. The van der Waals surface area contributed by atoms with Gasteiger partial charge >= 0.3 is 0 Å². The van der Waals surface area contributed by atoms with E-state index in [0.29, 0.717) is 12.5 Å². The highest BCUT2D eigenvalue weighted by molar-refractivity contribution is 5.86. The number of carbonyl (C=O) groups excluding carboxylic acids is 1. The van der Waals surface area contributed by atoms with Crippen LogP contribution in [0, 0.1) is 5.92 Å². The Bertz CT molecular complexity index is 340. The Kier molecular flexibility index (Phi) is 6.02. The van der Waals surface area contributed by atoms with Crippen molar-refractivity contribution in [2.45, 2.75) is 57.6 Å². The molecule has 0 aromatic rings. The Balaban J connectivity index is 1.67. The minimum absolute atomic E-state index is 0.0230. The van der Waals surface area contributed by atoms with Crippen LogP contribution in [0.5, 0.6) is 0 Å². The van der Waals surface area contributed by atoms with Gasteiger partial charge in [-0.25, -0.2) is 0 Å². The average molecular weight is 297 g/mol. The fourth-order valence-electron chi connectivity index (χ4n) is 3.39. The third-order valence-electron chi connectivity index (χ3n) is 4.55. The Hall–Kier alpha value is -0.650. The number of rotatable bonds is 6. The second-order valence-corrected chi connectivity index (χ2v) is 7.05. The Morgan fingerprint density at radius 3 is 2.81 bits per heavy atom. The molecule has 0 bridgehead atoms. The molecule has 1 heterocycles. The third kappa shape index (κ3) is 4.94. The van der Waals surface area contributed by atoms with Crippen LogP contribution in [0.3, 0.4) is 0 Å². The van der Waals surface area contributed by atoms with Gasteiger partial charge in [-0.05, 0) is 25.2 Å². The normalized spacial score (nSPS) is 26.2. The molecule has 1 aliphatic heterocycles. The SMILES string of the molecule is CC(C)CN1CCO[C@@H](CCNC(=O)C2(N)CCCC2)C1. The van der Waals surface area contributed by atoms with Gasteiger partial charge < -0.3 is 15.8 Å². The van der Waals surface area contributed by atoms with Crippen LogP contribution in [0.2, 0.25) is 0 Å². The van der Waals surface area contributed by atoms with Gasteiger partial charge in [-0.15, -0.1) is 0 Å². The summed E-state index contributed by atoms with van der Waals surface area (Å²) in [6.07, 6.45) is 4.88. The van der Waals surface area contributed by atoms with E-state index in [1.54, 1.807) is 0 Å². The van der Waals surface area contributed by atoms with Gasteiger partial charge in [0.15, 0.2) is 0 Å². The molecule has 122 valence electrons. The highest BCUT2D eigenvalue weighted by atomic mass is 16.5. The van der Waals surface area contributed by atoms with Crippen LogP contribution in [0.1, 0.15) is 46.0 Å². The molecule has 1 saturated carbocycles. The number of nitrogens with zero attached hydrogens (tertiary/aromatic N) is 1. The quantitative estimate of drug-likeness (QED) is 0.771. The smallest absolute Gasteiger partial charge is 0.240 e. The van der Waals surface area contributed by atoms with Crippen LogP contribution in [-0.4, -0.2) is 55.2 Å². The van der Waals surface area contributed by atoms with Gasteiger partial charge in [-0.2, -0.15) is 0 Å². The summed E-state index contributed by atoms with van der Waals surface area (Å²) in [6, 6.07) is 0. The topological polar surface area (TPSA) is 67.6 Å². The van der Waals surface area contributed by atoms with Crippen molar-refractivity contribution in [1.82, 2.24) is 10.2 Å². The van der Waals surface area contributed by atoms with E-state index in [0.717, 1.165) is 58.3 Å². The number of hydrogen-bond donors (Lipinski definition) is 2. The summed E-state index contributed by atoms with van der Waals surface area (Å²) >= 11 is 0. The van der Waals surface area contributed by atoms with E-state index in [1.165, 1.54) is 0 Å². The number of hydrogen-bond acceptors (Lipinski definition) is 4. The lowest BCUT2D eigenvalue weighted by Gasteiger charge is -2.34. The first-order chi connectivity index (χ1) is 9.99. The van der Waals surface area contributed by atoms with Gasteiger partial charge in [-0.1, -0.05) is 26.7 Å². The molecule has 21 heavy (non-hydrogen) atoms. The lowest BCUT2D eigenvalue weighted by Crippen LogP contribution is -2.52. The molecule has 2 fully saturated rings. The third-order valence-corrected chi connectivity index (χ3v) is 4.55. The van der Waals surface area contributed by atoms with Crippen molar-refractivity contribution < 1.29 is 9.53 Å². The summed E-state index contributed by atoms with van der Waals surface area (Å²) in [7, 11) is 0. The first-order valence-electron chi connectivity index (χ1n) is 8.41. The van der Waals surface area contributed by atoms with Crippen molar-refractivity contribution >= 4 is 5.91 Å². The molecule has 1 saturated heterocycles. The average Bonchev–Trinajstić information content (AvgIpc) is 2.86. The summed E-state index contributed by atoms with van der Waals surface area (Å²) in [6.45, 7) is 9.07. The van der Waals surface area contributed by atoms with Crippen molar-refractivity contribution in [3.63, 3.8) is 0 Å². The molecule has 2 aliphatic rings. The van der Waals surface area contributed by atoms with Gasteiger partial charge in [0.1, 0.15) is 0 Å². The summed E-state index contributed by atoms with van der Waals surface area (Å²) in [4.78, 5) is 14.6. The zero-order valence-corrected chi connectivity index (χ0v) is 13.6. The van der Waals surface area contributed by atoms with Crippen molar-refractivity contribution in [2.75, 3.05) is 32.8 Å². The molecule has 0 spiro atoms. The second-order valence-electron chi connectivity index (χ2n) is 7.05. The number of ether oxygens (including phenoxy) is 1. The van der Waals surface area contributed by atoms with E-state index in [-0.39, 0.29) is 12.0 Å². The number of carbonyl (C=O) groups is 1. The predicted molar refractivity (Wildman–Crippen MR) is 84.0 cm³/mol. The highest BCUT2D eigenvalue weighted by Gasteiger charge is 2.36. The molecule has 1 aliphatic carbocycles. The predicted octanol–water partition coefficient (Wildman–Crippen LogP) is 1.12. The largest absolute Gasteiger partial charge is 0.375 e. The maximum Gasteiger partial charge on any atom is 0.240 e. The summed E-state index contributed by atoms with van der Waals surface area (Å²) in [5, 5.41) is 3.01. The first kappa shape index (κ1) is 16.7. The van der Waals surface area contributed by atoms with Crippen molar-refractivity contribution in [1.29, 1.82) is 0 Å². The monoisotopic (exact) mass is 297 g/mol. The maximum absolute atomic E-state index is 12.1. The van der Waals surface area contributed by atoms with Crippen LogP contribution in [-0.2, 0) is 9.53 Å². The van der Waals surface area contributed by atoms with E-state index in [9.17, 15) is 4.79 Å². The number of amides is 1. The second kappa shape index (κ2) is 7.56. The molecule has 5 heteroatoms. The van der Waals surface area contributed by atoms with Gasteiger partial charge in [0.25, 0.3) is 0 Å². The Labute approximate surface area is 128 Å². The van der Waals surface area contributed by atoms with Gasteiger partial charge in [0.05, 0.1) is 18.2 Å². The van der Waals surface area contributed by atoms with Gasteiger partial charge in [-0.3, -0.25) is 9.69 Å². The highest BCUT2D eigenvalue weighted by Crippen LogP contribution is 2.27. The molecular weight excluding hydrogens is 266 g/mol. The maximum atomic E-state index is 12.1. The first-order valence-corrected chi connectivity index (χ1v) is 8.41.